The lowest BCUT2D eigenvalue weighted by atomic mass is 10.1. The zero-order valence-corrected chi connectivity index (χ0v) is 10.6. The smallest absolute Gasteiger partial charge is 0.262 e. The Morgan fingerprint density at radius 2 is 2.12 bits per heavy atom. The fourth-order valence-corrected chi connectivity index (χ4v) is 1.57. The molecule has 5 heteroatoms. The minimum atomic E-state index is -2.90. The minimum Gasteiger partial charge on any atom is -0.346 e. The van der Waals surface area contributed by atoms with E-state index in [4.69, 9.17) is 0 Å². The molecule has 1 aromatic carbocycles. The van der Waals surface area contributed by atoms with Gasteiger partial charge < -0.3 is 5.32 Å². The molecule has 0 spiro atoms. The SMILES string of the molecule is Cc1ccc(Br)c(C(=O)NCC(C)(F)F)c1. The highest BCUT2D eigenvalue weighted by molar-refractivity contribution is 9.10. The Balaban J connectivity index is 2.77. The molecule has 0 aromatic heterocycles. The number of alkyl halides is 2. The fourth-order valence-electron chi connectivity index (χ4n) is 1.14. The number of amides is 1. The van der Waals surface area contributed by atoms with Crippen LogP contribution < -0.4 is 5.32 Å². The number of hydrogen-bond donors (Lipinski definition) is 1. The molecule has 0 aliphatic heterocycles. The molecular weight excluding hydrogens is 280 g/mol. The first-order valence-corrected chi connectivity index (χ1v) is 5.51. The number of carbonyl (C=O) groups excluding carboxylic acids is 1. The molecule has 16 heavy (non-hydrogen) atoms. The Hall–Kier alpha value is -0.970. The van der Waals surface area contributed by atoms with Crippen LogP contribution in [0.3, 0.4) is 0 Å². The Morgan fingerprint density at radius 1 is 1.50 bits per heavy atom. The van der Waals surface area contributed by atoms with Crippen molar-refractivity contribution in [1.29, 1.82) is 0 Å². The van der Waals surface area contributed by atoms with Crippen LogP contribution >= 0.6 is 15.9 Å². The normalized spacial score (nSPS) is 11.3. The van der Waals surface area contributed by atoms with E-state index in [1.165, 1.54) is 0 Å². The van der Waals surface area contributed by atoms with Crippen molar-refractivity contribution < 1.29 is 13.6 Å². The topological polar surface area (TPSA) is 29.1 Å². The highest BCUT2D eigenvalue weighted by atomic mass is 79.9. The largest absolute Gasteiger partial charge is 0.346 e. The van der Waals surface area contributed by atoms with Crippen molar-refractivity contribution in [2.45, 2.75) is 19.8 Å². The predicted molar refractivity (Wildman–Crippen MR) is 61.8 cm³/mol. The van der Waals surface area contributed by atoms with Gasteiger partial charge in [-0.05, 0) is 35.0 Å². The van der Waals surface area contributed by atoms with E-state index >= 15 is 0 Å². The van der Waals surface area contributed by atoms with Crippen LogP contribution in [0.15, 0.2) is 22.7 Å². The van der Waals surface area contributed by atoms with Crippen molar-refractivity contribution >= 4 is 21.8 Å². The van der Waals surface area contributed by atoms with Crippen LogP contribution in [0.2, 0.25) is 0 Å². The molecule has 2 nitrogen and oxygen atoms in total. The van der Waals surface area contributed by atoms with Gasteiger partial charge in [0.2, 0.25) is 0 Å². The third kappa shape index (κ3) is 3.89. The lowest BCUT2D eigenvalue weighted by Gasteiger charge is -2.12. The van der Waals surface area contributed by atoms with Gasteiger partial charge >= 0.3 is 0 Å². The summed E-state index contributed by atoms with van der Waals surface area (Å²) < 4.78 is 25.7. The second kappa shape index (κ2) is 4.91. The van der Waals surface area contributed by atoms with Gasteiger partial charge in [-0.2, -0.15) is 0 Å². The molecule has 1 N–H and O–H groups in total. The van der Waals surface area contributed by atoms with Gasteiger partial charge in [0.05, 0.1) is 12.1 Å². The highest BCUT2D eigenvalue weighted by Gasteiger charge is 2.22. The maximum absolute atomic E-state index is 12.6. The minimum absolute atomic E-state index is 0.365. The van der Waals surface area contributed by atoms with E-state index in [-0.39, 0.29) is 0 Å². The summed E-state index contributed by atoms with van der Waals surface area (Å²) >= 11 is 3.20. The summed E-state index contributed by atoms with van der Waals surface area (Å²) in [4.78, 5) is 11.6. The highest BCUT2D eigenvalue weighted by Crippen LogP contribution is 2.18. The van der Waals surface area contributed by atoms with E-state index in [1.54, 1.807) is 12.1 Å². The molecule has 0 radical (unpaired) electrons. The number of nitrogens with one attached hydrogen (secondary N) is 1. The van der Waals surface area contributed by atoms with Crippen LogP contribution in [-0.2, 0) is 0 Å². The molecule has 0 unspecified atom stereocenters. The van der Waals surface area contributed by atoms with Crippen molar-refractivity contribution in [2.75, 3.05) is 6.54 Å². The lowest BCUT2D eigenvalue weighted by molar-refractivity contribution is 0.0221. The van der Waals surface area contributed by atoms with Gasteiger partial charge in [0.15, 0.2) is 0 Å². The summed E-state index contributed by atoms with van der Waals surface area (Å²) in [5.74, 6) is -3.40. The van der Waals surface area contributed by atoms with E-state index in [0.717, 1.165) is 12.5 Å². The lowest BCUT2D eigenvalue weighted by Crippen LogP contribution is -2.34. The summed E-state index contributed by atoms with van der Waals surface area (Å²) in [6.07, 6.45) is 0. The predicted octanol–water partition coefficient (Wildman–Crippen LogP) is 3.14. The summed E-state index contributed by atoms with van der Waals surface area (Å²) in [5, 5.41) is 2.19. The Bertz CT molecular complexity index is 401. The van der Waals surface area contributed by atoms with E-state index < -0.39 is 18.4 Å². The van der Waals surface area contributed by atoms with Crippen molar-refractivity contribution in [1.82, 2.24) is 5.32 Å². The third-order valence-corrected chi connectivity index (χ3v) is 2.62. The average molecular weight is 292 g/mol. The quantitative estimate of drug-likeness (QED) is 0.911. The average Bonchev–Trinajstić information content (AvgIpc) is 2.17. The first-order valence-electron chi connectivity index (χ1n) is 4.72. The molecule has 0 aliphatic rings. The Labute approximate surface area is 101 Å². The zero-order chi connectivity index (χ0) is 12.3. The molecule has 0 bridgehead atoms. The molecule has 1 aromatic rings. The van der Waals surface area contributed by atoms with Gasteiger partial charge in [-0.25, -0.2) is 8.78 Å². The van der Waals surface area contributed by atoms with Gasteiger partial charge in [0.1, 0.15) is 0 Å². The van der Waals surface area contributed by atoms with Crippen LogP contribution in [0.25, 0.3) is 0 Å². The first-order chi connectivity index (χ1) is 7.29. The summed E-state index contributed by atoms with van der Waals surface area (Å²) in [7, 11) is 0. The fraction of sp³-hybridized carbons (Fsp3) is 0.364. The third-order valence-electron chi connectivity index (χ3n) is 1.93. The molecule has 88 valence electrons. The molecule has 1 amide bonds. The summed E-state index contributed by atoms with van der Waals surface area (Å²) in [5.41, 5.74) is 1.26. The zero-order valence-electron chi connectivity index (χ0n) is 8.98. The van der Waals surface area contributed by atoms with Crippen LogP contribution in [0.4, 0.5) is 8.78 Å². The van der Waals surface area contributed by atoms with Crippen molar-refractivity contribution in [3.8, 4) is 0 Å². The summed E-state index contributed by atoms with van der Waals surface area (Å²) in [6, 6.07) is 5.19. The van der Waals surface area contributed by atoms with Crippen molar-refractivity contribution in [3.63, 3.8) is 0 Å². The number of halogens is 3. The van der Waals surface area contributed by atoms with Crippen molar-refractivity contribution in [3.05, 3.63) is 33.8 Å². The molecule has 0 saturated carbocycles. The maximum Gasteiger partial charge on any atom is 0.262 e. The van der Waals surface area contributed by atoms with E-state index in [9.17, 15) is 13.6 Å². The molecule has 0 aliphatic carbocycles. The van der Waals surface area contributed by atoms with E-state index in [1.807, 2.05) is 13.0 Å². The second-order valence-electron chi connectivity index (χ2n) is 3.74. The molecule has 1 rings (SSSR count). The molecule has 0 heterocycles. The molecule has 0 atom stereocenters. The van der Waals surface area contributed by atoms with E-state index in [2.05, 4.69) is 21.2 Å². The van der Waals surface area contributed by atoms with Crippen LogP contribution in [0.5, 0.6) is 0 Å². The number of rotatable bonds is 3. The molecule has 0 saturated heterocycles. The Kier molecular flexibility index (Phi) is 4.02. The Morgan fingerprint density at radius 3 is 2.69 bits per heavy atom. The standard InChI is InChI=1S/C11H12BrF2NO/c1-7-3-4-9(12)8(5-7)10(16)15-6-11(2,13)14/h3-5H,6H2,1-2H3,(H,15,16). The monoisotopic (exact) mass is 291 g/mol. The summed E-state index contributed by atoms with van der Waals surface area (Å²) in [6.45, 7) is 1.93. The van der Waals surface area contributed by atoms with Crippen LogP contribution in [-0.4, -0.2) is 18.4 Å². The molecular formula is C11H12BrF2NO. The van der Waals surface area contributed by atoms with Crippen molar-refractivity contribution in [2.24, 2.45) is 0 Å². The van der Waals surface area contributed by atoms with Crippen LogP contribution in [0.1, 0.15) is 22.8 Å². The van der Waals surface area contributed by atoms with Gasteiger partial charge in [0.25, 0.3) is 11.8 Å². The van der Waals surface area contributed by atoms with Gasteiger partial charge in [-0.3, -0.25) is 4.79 Å². The van der Waals surface area contributed by atoms with Gasteiger partial charge in [0, 0.05) is 11.4 Å². The number of carbonyl (C=O) groups is 1. The number of benzene rings is 1. The van der Waals surface area contributed by atoms with E-state index in [0.29, 0.717) is 10.0 Å². The van der Waals surface area contributed by atoms with Gasteiger partial charge in [-0.1, -0.05) is 11.6 Å². The number of aryl methyl sites for hydroxylation is 1. The van der Waals surface area contributed by atoms with Crippen LogP contribution in [0, 0.1) is 6.92 Å². The number of hydrogen-bond acceptors (Lipinski definition) is 1. The van der Waals surface area contributed by atoms with Gasteiger partial charge in [-0.15, -0.1) is 0 Å². The first kappa shape index (κ1) is 13.1. The molecule has 0 fully saturated rings. The second-order valence-corrected chi connectivity index (χ2v) is 4.59. The maximum atomic E-state index is 12.6.